The molecule has 2 rings (SSSR count). The smallest absolute Gasteiger partial charge is 0.384 e. The number of benzene rings is 1. The first kappa shape index (κ1) is 15.8. The van der Waals surface area contributed by atoms with Crippen molar-refractivity contribution in [2.45, 2.75) is 18.5 Å². The fraction of sp³-hybridized carbons (Fsp3) is 0.231. The molecule has 0 amide bonds. The lowest BCUT2D eigenvalue weighted by atomic mass is 9.98. The lowest BCUT2D eigenvalue weighted by Gasteiger charge is -2.16. The Morgan fingerprint density at radius 3 is 1.76 bits per heavy atom. The van der Waals surface area contributed by atoms with Crippen molar-refractivity contribution >= 4 is 11.3 Å². The standard InChI is InChI=1S/C13H8F6OS/c14-12(15,16)9-3-8(4-10(5-9)13(17,18)19)11(20)7-1-2-21-6-7/h1-6,11,20H. The van der Waals surface area contributed by atoms with Gasteiger partial charge >= 0.3 is 12.4 Å². The Kier molecular flexibility index (Phi) is 4.03. The van der Waals surface area contributed by atoms with Gasteiger partial charge in [-0.25, -0.2) is 0 Å². The van der Waals surface area contributed by atoms with E-state index in [1.807, 2.05) is 0 Å². The van der Waals surface area contributed by atoms with Crippen LogP contribution in [0.1, 0.15) is 28.4 Å². The minimum Gasteiger partial charge on any atom is -0.384 e. The number of thiophene rings is 1. The molecule has 0 saturated carbocycles. The molecule has 8 heteroatoms. The van der Waals surface area contributed by atoms with Gasteiger partial charge in [0, 0.05) is 0 Å². The molecule has 0 radical (unpaired) electrons. The SMILES string of the molecule is OC(c1ccsc1)c1cc(C(F)(F)F)cc(C(F)(F)F)c1. The summed E-state index contributed by atoms with van der Waals surface area (Å²) in [7, 11) is 0. The Morgan fingerprint density at radius 2 is 1.38 bits per heavy atom. The molecule has 0 spiro atoms. The molecule has 0 fully saturated rings. The molecule has 1 heterocycles. The van der Waals surface area contributed by atoms with Crippen molar-refractivity contribution in [2.75, 3.05) is 0 Å². The minimum absolute atomic E-state index is 0.0316. The zero-order chi connectivity index (χ0) is 15.8. The molecular formula is C13H8F6OS. The summed E-state index contributed by atoms with van der Waals surface area (Å²) in [6.45, 7) is 0. The van der Waals surface area contributed by atoms with Crippen molar-refractivity contribution in [1.82, 2.24) is 0 Å². The molecule has 0 saturated heterocycles. The summed E-state index contributed by atoms with van der Waals surface area (Å²) < 4.78 is 76.2. The molecule has 1 nitrogen and oxygen atoms in total. The fourth-order valence-electron chi connectivity index (χ4n) is 1.76. The van der Waals surface area contributed by atoms with Gasteiger partial charge in [-0.1, -0.05) is 0 Å². The first-order valence-electron chi connectivity index (χ1n) is 5.58. The molecule has 1 atom stereocenters. The average Bonchev–Trinajstić information content (AvgIpc) is 2.89. The first-order chi connectivity index (χ1) is 9.59. The molecule has 0 bridgehead atoms. The molecule has 0 aliphatic rings. The maximum absolute atomic E-state index is 12.7. The Labute approximate surface area is 119 Å². The fourth-order valence-corrected chi connectivity index (χ4v) is 2.44. The predicted octanol–water partition coefficient (Wildman–Crippen LogP) is 4.87. The zero-order valence-electron chi connectivity index (χ0n) is 10.2. The molecule has 1 aromatic carbocycles. The highest BCUT2D eigenvalue weighted by molar-refractivity contribution is 7.07. The summed E-state index contributed by atoms with van der Waals surface area (Å²) in [6, 6.07) is 2.52. The van der Waals surface area contributed by atoms with Crippen molar-refractivity contribution in [1.29, 1.82) is 0 Å². The summed E-state index contributed by atoms with van der Waals surface area (Å²) in [6.07, 6.45) is -11.4. The number of alkyl halides is 6. The van der Waals surface area contributed by atoms with Crippen LogP contribution < -0.4 is 0 Å². The van der Waals surface area contributed by atoms with E-state index in [1.54, 1.807) is 5.38 Å². The van der Waals surface area contributed by atoms with Gasteiger partial charge in [-0.05, 0) is 46.2 Å². The topological polar surface area (TPSA) is 20.2 Å². The number of hydrogen-bond donors (Lipinski definition) is 1. The Morgan fingerprint density at radius 1 is 0.857 bits per heavy atom. The van der Waals surface area contributed by atoms with Gasteiger partial charge in [0.1, 0.15) is 6.10 Å². The van der Waals surface area contributed by atoms with Crippen LogP contribution in [0.3, 0.4) is 0 Å². The zero-order valence-corrected chi connectivity index (χ0v) is 11.0. The van der Waals surface area contributed by atoms with Gasteiger partial charge in [-0.15, -0.1) is 0 Å². The summed E-state index contributed by atoms with van der Waals surface area (Å²) in [4.78, 5) is 0. The van der Waals surface area contributed by atoms with Gasteiger partial charge in [-0.2, -0.15) is 37.7 Å². The molecule has 1 N–H and O–H groups in total. The quantitative estimate of drug-likeness (QED) is 0.781. The number of halogens is 6. The second-order valence-corrected chi connectivity index (χ2v) is 5.08. The molecule has 1 aromatic heterocycles. The normalized spacial score (nSPS) is 14.2. The Balaban J connectivity index is 2.55. The van der Waals surface area contributed by atoms with Gasteiger partial charge in [0.25, 0.3) is 0 Å². The van der Waals surface area contributed by atoms with Crippen LogP contribution in [0.15, 0.2) is 35.0 Å². The second kappa shape index (κ2) is 5.34. The van der Waals surface area contributed by atoms with Gasteiger partial charge in [0.05, 0.1) is 11.1 Å². The van der Waals surface area contributed by atoms with Crippen molar-refractivity contribution in [3.8, 4) is 0 Å². The van der Waals surface area contributed by atoms with Crippen molar-refractivity contribution in [2.24, 2.45) is 0 Å². The summed E-state index contributed by atoms with van der Waals surface area (Å²) in [5.74, 6) is 0. The van der Waals surface area contributed by atoms with Gasteiger partial charge in [0.15, 0.2) is 0 Å². The number of rotatable bonds is 2. The van der Waals surface area contributed by atoms with E-state index in [1.165, 1.54) is 22.8 Å². The van der Waals surface area contributed by atoms with Crippen molar-refractivity contribution in [3.63, 3.8) is 0 Å². The number of aliphatic hydroxyl groups excluding tert-OH is 1. The average molecular weight is 326 g/mol. The minimum atomic E-state index is -4.93. The first-order valence-corrected chi connectivity index (χ1v) is 6.53. The molecule has 0 aliphatic heterocycles. The highest BCUT2D eigenvalue weighted by Gasteiger charge is 2.37. The van der Waals surface area contributed by atoms with Gasteiger partial charge < -0.3 is 5.11 Å². The maximum atomic E-state index is 12.7. The molecule has 0 aliphatic carbocycles. The van der Waals surface area contributed by atoms with Gasteiger partial charge in [-0.3, -0.25) is 0 Å². The van der Waals surface area contributed by atoms with E-state index in [-0.39, 0.29) is 11.6 Å². The summed E-state index contributed by atoms with van der Waals surface area (Å²) in [5.41, 5.74) is -3.09. The van der Waals surface area contributed by atoms with Crippen LogP contribution >= 0.6 is 11.3 Å². The highest BCUT2D eigenvalue weighted by atomic mass is 32.1. The third kappa shape index (κ3) is 3.56. The summed E-state index contributed by atoms with van der Waals surface area (Å²) >= 11 is 1.18. The molecule has 2 aromatic rings. The third-order valence-electron chi connectivity index (χ3n) is 2.78. The van der Waals surface area contributed by atoms with Crippen molar-refractivity contribution in [3.05, 3.63) is 57.3 Å². The molecule has 114 valence electrons. The Bertz CT molecular complexity index is 582. The number of aliphatic hydroxyl groups is 1. The summed E-state index contributed by atoms with van der Waals surface area (Å²) in [5, 5.41) is 13.0. The lowest BCUT2D eigenvalue weighted by molar-refractivity contribution is -0.143. The Hall–Kier alpha value is -1.54. The molecule has 21 heavy (non-hydrogen) atoms. The van der Waals surface area contributed by atoms with E-state index in [9.17, 15) is 31.4 Å². The molecular weight excluding hydrogens is 318 g/mol. The van der Waals surface area contributed by atoms with Crippen LogP contribution in [0, 0.1) is 0 Å². The van der Waals surface area contributed by atoms with Gasteiger partial charge in [0.2, 0.25) is 0 Å². The van der Waals surface area contributed by atoms with Crippen LogP contribution in [-0.4, -0.2) is 5.11 Å². The van der Waals surface area contributed by atoms with E-state index in [4.69, 9.17) is 0 Å². The van der Waals surface area contributed by atoms with Crippen LogP contribution in [0.5, 0.6) is 0 Å². The van der Waals surface area contributed by atoms with Crippen molar-refractivity contribution < 1.29 is 31.4 Å². The van der Waals surface area contributed by atoms with Crippen LogP contribution in [-0.2, 0) is 12.4 Å². The number of hydrogen-bond acceptors (Lipinski definition) is 2. The van der Waals surface area contributed by atoms with E-state index >= 15 is 0 Å². The third-order valence-corrected chi connectivity index (χ3v) is 3.49. The highest BCUT2D eigenvalue weighted by Crippen LogP contribution is 2.38. The van der Waals surface area contributed by atoms with E-state index in [0.717, 1.165) is 0 Å². The van der Waals surface area contributed by atoms with E-state index in [2.05, 4.69) is 0 Å². The second-order valence-electron chi connectivity index (χ2n) is 4.30. The monoisotopic (exact) mass is 326 g/mol. The molecule has 1 unspecified atom stereocenters. The van der Waals surface area contributed by atoms with E-state index < -0.39 is 35.1 Å². The largest absolute Gasteiger partial charge is 0.416 e. The van der Waals surface area contributed by atoms with Crippen LogP contribution in [0.25, 0.3) is 0 Å². The predicted molar refractivity (Wildman–Crippen MR) is 64.8 cm³/mol. The van der Waals surface area contributed by atoms with Crippen LogP contribution in [0.4, 0.5) is 26.3 Å². The maximum Gasteiger partial charge on any atom is 0.416 e. The van der Waals surface area contributed by atoms with Crippen LogP contribution in [0.2, 0.25) is 0 Å². The lowest BCUT2D eigenvalue weighted by Crippen LogP contribution is -2.13. The van der Waals surface area contributed by atoms with E-state index in [0.29, 0.717) is 12.1 Å².